The molecule has 0 saturated carbocycles. The van der Waals surface area contributed by atoms with Crippen molar-refractivity contribution in [2.75, 3.05) is 4.90 Å². The zero-order valence-electron chi connectivity index (χ0n) is 13.5. The average Bonchev–Trinajstić information content (AvgIpc) is 2.81. The average molecular weight is 337 g/mol. The van der Waals surface area contributed by atoms with Crippen LogP contribution in [0.1, 0.15) is 21.5 Å². The van der Waals surface area contributed by atoms with Crippen molar-refractivity contribution in [2.45, 2.75) is 0 Å². The quantitative estimate of drug-likeness (QED) is 0.654. The Labute approximate surface area is 149 Å². The molecule has 3 aromatic rings. The maximum atomic E-state index is 13.3. The molecule has 0 fully saturated rings. The van der Waals surface area contributed by atoms with E-state index in [1.54, 1.807) is 36.4 Å². The van der Waals surface area contributed by atoms with Crippen LogP contribution in [-0.2, 0) is 0 Å². The van der Waals surface area contributed by atoms with Crippen LogP contribution in [-0.4, -0.2) is 5.91 Å². The third-order valence-electron chi connectivity index (χ3n) is 4.14. The third kappa shape index (κ3) is 2.36. The number of anilines is 2. The molecule has 0 saturated heterocycles. The van der Waals surface area contributed by atoms with E-state index in [2.05, 4.69) is 0 Å². The molecule has 1 amide bonds. The Kier molecular flexibility index (Phi) is 3.61. The highest BCUT2D eigenvalue weighted by atomic mass is 16.5. The summed E-state index contributed by atoms with van der Waals surface area (Å²) in [5.74, 6) is 0.493. The molecule has 4 rings (SSSR count). The number of carbonyl (C=O) groups is 1. The number of rotatable bonds is 1. The predicted octanol–water partition coefficient (Wildman–Crippen LogP) is 4.51. The maximum absolute atomic E-state index is 13.3. The van der Waals surface area contributed by atoms with Gasteiger partial charge in [0.1, 0.15) is 17.9 Å². The van der Waals surface area contributed by atoms with E-state index in [1.165, 1.54) is 17.0 Å². The van der Waals surface area contributed by atoms with Gasteiger partial charge in [0.25, 0.3) is 5.91 Å². The van der Waals surface area contributed by atoms with Gasteiger partial charge in [-0.3, -0.25) is 9.69 Å². The van der Waals surface area contributed by atoms with Crippen LogP contribution in [0.4, 0.5) is 11.4 Å². The summed E-state index contributed by atoms with van der Waals surface area (Å²) in [7, 11) is 0. The lowest BCUT2D eigenvalue weighted by atomic mass is 10.1. The van der Waals surface area contributed by atoms with E-state index in [-0.39, 0.29) is 17.0 Å². The Morgan fingerprint density at radius 3 is 2.19 bits per heavy atom. The van der Waals surface area contributed by atoms with E-state index in [9.17, 15) is 15.3 Å². The Morgan fingerprint density at radius 1 is 0.808 bits per heavy atom. The molecule has 0 spiro atoms. The summed E-state index contributed by atoms with van der Waals surface area (Å²) in [6.07, 6.45) is 0. The van der Waals surface area contributed by atoms with Crippen LogP contribution in [0.2, 0.25) is 0 Å². The summed E-state index contributed by atoms with van der Waals surface area (Å²) < 4.78 is 5.94. The molecule has 3 aromatic carbocycles. The second-order valence-electron chi connectivity index (χ2n) is 5.66. The molecule has 0 bridgehead atoms. The van der Waals surface area contributed by atoms with Crippen LogP contribution in [0.25, 0.3) is 0 Å². The molecule has 0 aromatic heterocycles. The van der Waals surface area contributed by atoms with Gasteiger partial charge < -0.3 is 4.74 Å². The topological polar surface area (TPSA) is 77.1 Å². The van der Waals surface area contributed by atoms with Gasteiger partial charge in [0.2, 0.25) is 0 Å². The first kappa shape index (κ1) is 15.4. The molecule has 5 heteroatoms. The fourth-order valence-electron chi connectivity index (χ4n) is 2.92. The number of hydrogen-bond donors (Lipinski definition) is 0. The largest absolute Gasteiger partial charge is 0.454 e. The molecule has 0 atom stereocenters. The lowest BCUT2D eigenvalue weighted by molar-refractivity contribution is 0.0999. The number of amides is 1. The number of fused-ring (bicyclic) bond motifs is 2. The van der Waals surface area contributed by atoms with Crippen molar-refractivity contribution in [1.29, 1.82) is 10.5 Å². The predicted molar refractivity (Wildman–Crippen MR) is 95.3 cm³/mol. The molecule has 122 valence electrons. The summed E-state index contributed by atoms with van der Waals surface area (Å²) in [5.41, 5.74) is 1.87. The number of ether oxygens (including phenoxy) is 1. The number of carbonyl (C=O) groups excluding carboxylic acids is 1. The van der Waals surface area contributed by atoms with Gasteiger partial charge in [0.05, 0.1) is 22.4 Å². The maximum Gasteiger partial charge on any atom is 0.266 e. The van der Waals surface area contributed by atoms with Crippen LogP contribution < -0.4 is 9.64 Å². The van der Waals surface area contributed by atoms with Gasteiger partial charge in [-0.15, -0.1) is 0 Å². The van der Waals surface area contributed by atoms with E-state index < -0.39 is 0 Å². The number of nitrogens with zero attached hydrogens (tertiary/aromatic N) is 3. The van der Waals surface area contributed by atoms with Crippen LogP contribution in [0, 0.1) is 22.7 Å². The molecule has 0 N–H and O–H groups in total. The molecule has 0 radical (unpaired) electrons. The SMILES string of the molecule is N#Cc1cc2c(cc1C#N)N(c1ccccc1)C(=O)c1ccccc1O2. The van der Waals surface area contributed by atoms with Gasteiger partial charge in [-0.05, 0) is 30.3 Å². The summed E-state index contributed by atoms with van der Waals surface area (Å²) in [6.45, 7) is 0. The standard InChI is InChI=1S/C21H11N3O2/c22-12-14-10-18-20(11-15(14)13-23)26-19-9-5-4-8-17(19)21(25)24(18)16-6-2-1-3-7-16/h1-11H. The minimum atomic E-state index is -0.265. The van der Waals surface area contributed by atoms with Crippen molar-refractivity contribution in [3.8, 4) is 23.6 Å². The Balaban J connectivity index is 2.04. The highest BCUT2D eigenvalue weighted by Gasteiger charge is 2.30. The van der Waals surface area contributed by atoms with Gasteiger partial charge in [-0.25, -0.2) is 0 Å². The molecule has 26 heavy (non-hydrogen) atoms. The Hall–Kier alpha value is -4.09. The normalized spacial score (nSPS) is 12.1. The second kappa shape index (κ2) is 6.08. The molecule has 1 aliphatic heterocycles. The van der Waals surface area contributed by atoms with Gasteiger partial charge in [0, 0.05) is 11.8 Å². The van der Waals surface area contributed by atoms with Gasteiger partial charge in [0.15, 0.2) is 5.75 Å². The van der Waals surface area contributed by atoms with Crippen molar-refractivity contribution in [2.24, 2.45) is 0 Å². The zero-order valence-corrected chi connectivity index (χ0v) is 13.5. The minimum Gasteiger partial charge on any atom is -0.454 e. The molecular formula is C21H11N3O2. The van der Waals surface area contributed by atoms with Crippen molar-refractivity contribution in [1.82, 2.24) is 0 Å². The van der Waals surface area contributed by atoms with Gasteiger partial charge in [-0.2, -0.15) is 10.5 Å². The molecular weight excluding hydrogens is 326 g/mol. The highest BCUT2D eigenvalue weighted by Crippen LogP contribution is 2.43. The number of hydrogen-bond acceptors (Lipinski definition) is 4. The van der Waals surface area contributed by atoms with Crippen LogP contribution in [0.3, 0.4) is 0 Å². The van der Waals surface area contributed by atoms with Crippen molar-refractivity contribution >= 4 is 17.3 Å². The smallest absolute Gasteiger partial charge is 0.266 e. The molecule has 0 aliphatic carbocycles. The van der Waals surface area contributed by atoms with Crippen LogP contribution >= 0.6 is 0 Å². The summed E-state index contributed by atoms with van der Waals surface area (Å²) in [5, 5.41) is 18.7. The summed E-state index contributed by atoms with van der Waals surface area (Å²) >= 11 is 0. The fourth-order valence-corrected chi connectivity index (χ4v) is 2.92. The van der Waals surface area contributed by atoms with E-state index in [0.717, 1.165) is 0 Å². The lowest BCUT2D eigenvalue weighted by Crippen LogP contribution is -2.25. The summed E-state index contributed by atoms with van der Waals surface area (Å²) in [4.78, 5) is 14.8. The first-order chi connectivity index (χ1) is 12.7. The Bertz CT molecular complexity index is 1110. The van der Waals surface area contributed by atoms with E-state index in [1.807, 2.05) is 30.3 Å². The van der Waals surface area contributed by atoms with Gasteiger partial charge in [-0.1, -0.05) is 30.3 Å². The van der Waals surface area contributed by atoms with E-state index in [0.29, 0.717) is 28.4 Å². The molecule has 0 unspecified atom stereocenters. The van der Waals surface area contributed by atoms with E-state index >= 15 is 0 Å². The second-order valence-corrected chi connectivity index (χ2v) is 5.66. The number of para-hydroxylation sites is 2. The fraction of sp³-hybridized carbons (Fsp3) is 0. The van der Waals surface area contributed by atoms with Crippen molar-refractivity contribution in [3.63, 3.8) is 0 Å². The minimum absolute atomic E-state index is 0.189. The molecule has 1 heterocycles. The first-order valence-corrected chi connectivity index (χ1v) is 7.87. The molecule has 5 nitrogen and oxygen atoms in total. The first-order valence-electron chi connectivity index (χ1n) is 7.87. The highest BCUT2D eigenvalue weighted by molar-refractivity contribution is 6.14. The molecule has 1 aliphatic rings. The van der Waals surface area contributed by atoms with Crippen molar-refractivity contribution in [3.05, 3.63) is 83.4 Å². The third-order valence-corrected chi connectivity index (χ3v) is 4.14. The lowest BCUT2D eigenvalue weighted by Gasteiger charge is -2.22. The number of benzene rings is 3. The Morgan fingerprint density at radius 2 is 1.46 bits per heavy atom. The van der Waals surface area contributed by atoms with Crippen LogP contribution in [0.5, 0.6) is 11.5 Å². The zero-order chi connectivity index (χ0) is 18.1. The van der Waals surface area contributed by atoms with E-state index in [4.69, 9.17) is 4.74 Å². The monoisotopic (exact) mass is 337 g/mol. The summed E-state index contributed by atoms with van der Waals surface area (Å²) in [6, 6.07) is 23.1. The number of nitriles is 2. The van der Waals surface area contributed by atoms with Gasteiger partial charge >= 0.3 is 0 Å². The van der Waals surface area contributed by atoms with Crippen molar-refractivity contribution < 1.29 is 9.53 Å². The van der Waals surface area contributed by atoms with Crippen LogP contribution in [0.15, 0.2) is 66.7 Å².